The number of hydrogen-bond donors (Lipinski definition) is 2. The van der Waals surface area contributed by atoms with E-state index in [4.69, 9.17) is 9.79 Å². The van der Waals surface area contributed by atoms with Crippen molar-refractivity contribution in [3.05, 3.63) is 0 Å². The lowest BCUT2D eigenvalue weighted by atomic mass is 15.7. The second-order valence-electron chi connectivity index (χ2n) is 0.692. The molecule has 0 spiro atoms. The smallest absolute Gasteiger partial charge is 0.438 e. The van der Waals surface area contributed by atoms with Crippen LogP contribution in [0.15, 0.2) is 0 Å². The van der Waals surface area contributed by atoms with E-state index in [9.17, 15) is 9.03 Å². The Morgan fingerprint density at radius 1 is 1.57 bits per heavy atom. The Bertz CT molecular complexity index is 101. The second kappa shape index (κ2) is 2.32. The molecule has 2 N–H and O–H groups in total. The third-order valence-electron chi connectivity index (χ3n) is 0.180. The van der Waals surface area contributed by atoms with Crippen molar-refractivity contribution in [2.45, 2.75) is 0 Å². The fraction of sp³-hybridized carbons (Fsp3) is 0. The summed E-state index contributed by atoms with van der Waals surface area (Å²) in [6.07, 6.45) is 0. The minimum Gasteiger partial charge on any atom is -0.438 e. The molecule has 42 valence electrons. The lowest BCUT2D eigenvalue weighted by Crippen LogP contribution is -1.83. The fourth-order valence-electron chi connectivity index (χ4n) is 0.0561. The van der Waals surface area contributed by atoms with E-state index < -0.39 is 17.5 Å². The summed E-state index contributed by atoms with van der Waals surface area (Å²) in [6, 6.07) is 0. The minimum absolute atomic E-state index is 1.80. The van der Waals surface area contributed by atoms with Gasteiger partial charge in [-0.05, 0) is 0 Å². The largest absolute Gasteiger partial charge is 0.513 e. The van der Waals surface area contributed by atoms with Gasteiger partial charge in [-0.1, -0.05) is 0 Å². The van der Waals surface area contributed by atoms with Gasteiger partial charge in [0.15, 0.2) is 0 Å². The molecule has 0 saturated heterocycles. The van der Waals surface area contributed by atoms with Gasteiger partial charge in [-0.3, -0.25) is 9.79 Å². The molecule has 0 heterocycles. The van der Waals surface area contributed by atoms with Gasteiger partial charge in [-0.25, -0.2) is 4.57 Å². The van der Waals surface area contributed by atoms with Crippen LogP contribution in [0.5, 0.6) is 0 Å². The summed E-state index contributed by atoms with van der Waals surface area (Å²) >= 11 is 0. The lowest BCUT2D eigenvalue weighted by molar-refractivity contribution is 0.281. The molecule has 0 rings (SSSR count). The van der Waals surface area contributed by atoms with Crippen molar-refractivity contribution in [2.24, 2.45) is 0 Å². The Hall–Kier alpha value is -0.0331. The zero-order chi connectivity index (χ0) is 5.91. The second-order valence-corrected chi connectivity index (χ2v) is 2.71. The molecule has 0 amide bonds. The molecule has 0 bridgehead atoms. The minimum atomic E-state index is -4.44. The Labute approximate surface area is 41.6 Å². The first-order valence-corrected chi connectivity index (χ1v) is 3.71. The van der Waals surface area contributed by atoms with Crippen molar-refractivity contribution in [3.8, 4) is 0 Å². The molecule has 0 radical (unpaired) electrons. The van der Waals surface area contributed by atoms with Crippen LogP contribution in [0.4, 0.5) is 0 Å². The van der Waals surface area contributed by atoms with Crippen molar-refractivity contribution < 1.29 is 23.0 Å². The van der Waals surface area contributed by atoms with Gasteiger partial charge >= 0.3 is 17.5 Å². The molecule has 0 aromatic carbocycles. The van der Waals surface area contributed by atoms with Gasteiger partial charge in [0.1, 0.15) is 0 Å². The molecule has 0 aliphatic heterocycles. The fourth-order valence-corrected chi connectivity index (χ4v) is 0.505. The third kappa shape index (κ3) is 5.97. The highest BCUT2D eigenvalue weighted by molar-refractivity contribution is 7.47. The Morgan fingerprint density at radius 3 is 2.00 bits per heavy atom. The molecule has 0 fully saturated rings. The molecule has 0 saturated carbocycles. The summed E-state index contributed by atoms with van der Waals surface area (Å²) in [5.41, 5.74) is 0. The highest BCUT2D eigenvalue weighted by atomic mass is 31.2. The molecule has 5 nitrogen and oxygen atoms in total. The first-order chi connectivity index (χ1) is 3.06. The molecule has 7 heavy (non-hydrogen) atoms. The van der Waals surface area contributed by atoms with Crippen LogP contribution in [-0.4, -0.2) is 19.4 Å². The lowest BCUT2D eigenvalue weighted by Gasteiger charge is -1.95. The standard InChI is InChI=1S/H3O5PSi/c1-6(2,3)5-7-4/h7H,(H2,1,2,3). The molecule has 0 aliphatic rings. The maximum Gasteiger partial charge on any atom is 0.513 e. The highest BCUT2D eigenvalue weighted by Gasteiger charge is 2.11. The highest BCUT2D eigenvalue weighted by Crippen LogP contribution is 2.33. The van der Waals surface area contributed by atoms with Crippen LogP contribution >= 0.6 is 7.82 Å². The Kier molecular flexibility index (Phi) is 2.31. The van der Waals surface area contributed by atoms with Crippen LogP contribution in [0, 0.1) is 0 Å². The number of hydrogen-bond acceptors (Lipinski definition) is 3. The van der Waals surface area contributed by atoms with E-state index in [0.29, 0.717) is 0 Å². The van der Waals surface area contributed by atoms with E-state index in [1.54, 1.807) is 0 Å². The summed E-state index contributed by atoms with van der Waals surface area (Å²) in [7, 11) is -6.24. The Morgan fingerprint density at radius 2 is 2.00 bits per heavy atom. The number of rotatable bonds is 2. The molecular formula is H3O5PSi. The van der Waals surface area contributed by atoms with Crippen LogP contribution in [0.3, 0.4) is 0 Å². The summed E-state index contributed by atoms with van der Waals surface area (Å²) in [5, 5.41) is 0. The molecular weight excluding hydrogens is 139 g/mol. The van der Waals surface area contributed by atoms with Gasteiger partial charge in [0.2, 0.25) is 0 Å². The van der Waals surface area contributed by atoms with Crippen LogP contribution in [0.25, 0.3) is 0 Å². The van der Waals surface area contributed by atoms with E-state index in [1.807, 2.05) is 0 Å². The SMILES string of the molecule is O=[SiH]OP(=O)(O)O. The molecule has 0 aliphatic carbocycles. The predicted molar refractivity (Wildman–Crippen MR) is 21.0 cm³/mol. The van der Waals surface area contributed by atoms with Crippen molar-refractivity contribution in [2.75, 3.05) is 0 Å². The van der Waals surface area contributed by atoms with Crippen molar-refractivity contribution >= 4 is 17.5 Å². The summed E-state index contributed by atoms with van der Waals surface area (Å²) in [4.78, 5) is 15.5. The van der Waals surface area contributed by atoms with E-state index in [0.717, 1.165) is 0 Å². The summed E-state index contributed by atoms with van der Waals surface area (Å²) in [6.45, 7) is 0. The first-order valence-electron chi connectivity index (χ1n) is 1.24. The zero-order valence-electron chi connectivity index (χ0n) is 3.14. The molecule has 7 heteroatoms. The number of phosphoric acid groups is 1. The quantitative estimate of drug-likeness (QED) is 0.373. The maximum atomic E-state index is 9.52. The normalized spacial score (nSPS) is 10.6. The van der Waals surface area contributed by atoms with Crippen LogP contribution in [-0.2, 0) is 13.2 Å². The van der Waals surface area contributed by atoms with Gasteiger partial charge < -0.3 is 8.67 Å². The molecule has 0 unspecified atom stereocenters. The van der Waals surface area contributed by atoms with Gasteiger partial charge in [-0.2, -0.15) is 0 Å². The summed E-state index contributed by atoms with van der Waals surface area (Å²) in [5.74, 6) is 0. The van der Waals surface area contributed by atoms with Crippen LogP contribution in [0.2, 0.25) is 0 Å². The van der Waals surface area contributed by atoms with E-state index in [1.165, 1.54) is 0 Å². The average Bonchev–Trinajstić information content (AvgIpc) is 1.30. The van der Waals surface area contributed by atoms with Crippen LogP contribution in [0.1, 0.15) is 0 Å². The predicted octanol–water partition coefficient (Wildman–Crippen LogP) is -1.21. The first kappa shape index (κ1) is 6.97. The van der Waals surface area contributed by atoms with Crippen molar-refractivity contribution in [3.63, 3.8) is 0 Å². The van der Waals surface area contributed by atoms with E-state index in [2.05, 4.69) is 4.21 Å². The summed E-state index contributed by atoms with van der Waals surface area (Å²) < 4.78 is 22.3. The maximum absolute atomic E-state index is 9.52. The molecule has 0 aromatic rings. The molecule has 0 atom stereocenters. The monoisotopic (exact) mass is 142 g/mol. The zero-order valence-corrected chi connectivity index (χ0v) is 5.19. The van der Waals surface area contributed by atoms with E-state index >= 15 is 0 Å². The van der Waals surface area contributed by atoms with E-state index in [-0.39, 0.29) is 0 Å². The van der Waals surface area contributed by atoms with Gasteiger partial charge in [-0.15, -0.1) is 0 Å². The Balaban J connectivity index is 3.57. The third-order valence-corrected chi connectivity index (χ3v) is 1.62. The average molecular weight is 142 g/mol. The molecule has 0 aromatic heterocycles. The van der Waals surface area contributed by atoms with Gasteiger partial charge in [0.25, 0.3) is 0 Å². The van der Waals surface area contributed by atoms with Crippen LogP contribution < -0.4 is 0 Å². The van der Waals surface area contributed by atoms with Gasteiger partial charge in [0, 0.05) is 0 Å². The topological polar surface area (TPSA) is 83.8 Å². The van der Waals surface area contributed by atoms with Crippen molar-refractivity contribution in [1.82, 2.24) is 0 Å². The van der Waals surface area contributed by atoms with Gasteiger partial charge in [0.05, 0.1) is 0 Å². The van der Waals surface area contributed by atoms with Crippen molar-refractivity contribution in [1.29, 1.82) is 0 Å².